The van der Waals surface area contributed by atoms with Crippen LogP contribution in [0.25, 0.3) is 0 Å². The number of hydrogen-bond acceptors (Lipinski definition) is 2. The molecule has 0 radical (unpaired) electrons. The van der Waals surface area contributed by atoms with Crippen LogP contribution in [0.2, 0.25) is 36.3 Å². The summed E-state index contributed by atoms with van der Waals surface area (Å²) in [5.74, 6) is -0.130. The molecule has 0 saturated heterocycles. The largest absolute Gasteiger partial charge is 0.393 e. The summed E-state index contributed by atoms with van der Waals surface area (Å²) in [7, 11) is -4.08. The second-order valence-corrected chi connectivity index (χ2v) is 21.3. The first kappa shape index (κ1) is 20.1. The third-order valence-electron chi connectivity index (χ3n) is 7.39. The second-order valence-electron chi connectivity index (χ2n) is 10.5. The molecular formula is C18H38O2Si2. The Balaban J connectivity index is 3.29. The molecule has 1 rings (SSSR count). The SMILES string of the molecule is CC(C)(C)[Si](C)(C)C(=O)[C@@H]1CCC[C@@]1(O)[Si](C)(C)C(C)(C)C. The molecular weight excluding hydrogens is 304 g/mol. The van der Waals surface area contributed by atoms with E-state index >= 15 is 0 Å². The van der Waals surface area contributed by atoms with E-state index in [0.717, 1.165) is 19.3 Å². The van der Waals surface area contributed by atoms with Crippen molar-refractivity contribution in [1.82, 2.24) is 0 Å². The van der Waals surface area contributed by atoms with Crippen LogP contribution in [-0.2, 0) is 4.79 Å². The zero-order valence-corrected chi connectivity index (χ0v) is 18.6. The predicted molar refractivity (Wildman–Crippen MR) is 102 cm³/mol. The Morgan fingerprint density at radius 3 is 1.82 bits per heavy atom. The number of aliphatic hydroxyl groups is 1. The molecule has 0 bridgehead atoms. The smallest absolute Gasteiger partial charge is 0.132 e. The molecule has 2 atom stereocenters. The molecule has 0 aromatic rings. The van der Waals surface area contributed by atoms with E-state index in [1.165, 1.54) is 0 Å². The maximum Gasteiger partial charge on any atom is 0.132 e. The number of rotatable bonds is 3. The Kier molecular flexibility index (Phi) is 5.08. The minimum absolute atomic E-state index is 0.0427. The Morgan fingerprint density at radius 2 is 1.45 bits per heavy atom. The quantitative estimate of drug-likeness (QED) is 0.717. The van der Waals surface area contributed by atoms with Crippen LogP contribution in [0.15, 0.2) is 0 Å². The summed E-state index contributed by atoms with van der Waals surface area (Å²) in [6.07, 6.45) is 2.69. The molecule has 1 aliphatic rings. The van der Waals surface area contributed by atoms with Gasteiger partial charge in [0.1, 0.15) is 13.5 Å². The normalized spacial score (nSPS) is 28.0. The maximum absolute atomic E-state index is 13.4. The Labute approximate surface area is 140 Å². The van der Waals surface area contributed by atoms with Gasteiger partial charge in [-0.15, -0.1) is 0 Å². The van der Waals surface area contributed by atoms with Gasteiger partial charge in [-0.25, -0.2) is 0 Å². The molecule has 130 valence electrons. The summed E-state index contributed by atoms with van der Waals surface area (Å²) in [5.41, 5.74) is 0. The number of hydrogen-bond donors (Lipinski definition) is 1. The summed E-state index contributed by atoms with van der Waals surface area (Å²) >= 11 is 0. The van der Waals surface area contributed by atoms with E-state index < -0.39 is 21.4 Å². The molecule has 0 heterocycles. The fraction of sp³-hybridized carbons (Fsp3) is 0.944. The molecule has 1 N–H and O–H groups in total. The lowest BCUT2D eigenvalue weighted by Crippen LogP contribution is -2.65. The molecule has 4 heteroatoms. The van der Waals surface area contributed by atoms with E-state index in [9.17, 15) is 9.90 Å². The van der Waals surface area contributed by atoms with E-state index in [4.69, 9.17) is 0 Å². The van der Waals surface area contributed by atoms with Gasteiger partial charge in [0.15, 0.2) is 0 Å². The van der Waals surface area contributed by atoms with Crippen LogP contribution in [0.5, 0.6) is 0 Å². The topological polar surface area (TPSA) is 37.3 Å². The van der Waals surface area contributed by atoms with Crippen LogP contribution in [0.3, 0.4) is 0 Å². The zero-order valence-electron chi connectivity index (χ0n) is 16.6. The van der Waals surface area contributed by atoms with E-state index in [0.29, 0.717) is 5.41 Å². The number of carbonyl (C=O) groups excluding carboxylic acids is 1. The monoisotopic (exact) mass is 342 g/mol. The Bertz CT molecular complexity index is 441. The maximum atomic E-state index is 13.4. The van der Waals surface area contributed by atoms with Crippen molar-refractivity contribution in [1.29, 1.82) is 0 Å². The molecule has 0 spiro atoms. The van der Waals surface area contributed by atoms with Gasteiger partial charge in [0.05, 0.1) is 13.3 Å². The van der Waals surface area contributed by atoms with Crippen LogP contribution < -0.4 is 0 Å². The lowest BCUT2D eigenvalue weighted by Gasteiger charge is -2.51. The van der Waals surface area contributed by atoms with Gasteiger partial charge in [-0.1, -0.05) is 74.2 Å². The number of carbonyl (C=O) groups is 1. The van der Waals surface area contributed by atoms with Gasteiger partial charge in [-0.05, 0) is 22.9 Å². The summed E-state index contributed by atoms with van der Waals surface area (Å²) in [6.45, 7) is 22.2. The summed E-state index contributed by atoms with van der Waals surface area (Å²) in [5, 5.41) is 11.5. The Morgan fingerprint density at radius 1 is 1.00 bits per heavy atom. The molecule has 1 fully saturated rings. The van der Waals surface area contributed by atoms with Crippen molar-refractivity contribution in [2.45, 2.75) is 102 Å². The fourth-order valence-electron chi connectivity index (χ4n) is 3.54. The van der Waals surface area contributed by atoms with Crippen molar-refractivity contribution < 1.29 is 9.90 Å². The first-order chi connectivity index (χ1) is 9.50. The van der Waals surface area contributed by atoms with Crippen LogP contribution >= 0.6 is 0 Å². The predicted octanol–water partition coefficient (Wildman–Crippen LogP) is 5.18. The van der Waals surface area contributed by atoms with E-state index in [-0.39, 0.29) is 16.0 Å². The van der Waals surface area contributed by atoms with Gasteiger partial charge in [0, 0.05) is 5.92 Å². The molecule has 0 unspecified atom stereocenters. The minimum Gasteiger partial charge on any atom is -0.393 e. The van der Waals surface area contributed by atoms with Crippen molar-refractivity contribution in [3.8, 4) is 0 Å². The summed E-state index contributed by atoms with van der Waals surface area (Å²) in [4.78, 5) is 13.4. The highest BCUT2D eigenvalue weighted by Crippen LogP contribution is 2.53. The van der Waals surface area contributed by atoms with Crippen LogP contribution in [0, 0.1) is 5.92 Å². The van der Waals surface area contributed by atoms with E-state index in [1.54, 1.807) is 0 Å². The average Bonchev–Trinajstić information content (AvgIpc) is 2.68. The first-order valence-corrected chi connectivity index (χ1v) is 14.8. The van der Waals surface area contributed by atoms with Crippen molar-refractivity contribution in [3.63, 3.8) is 0 Å². The highest BCUT2D eigenvalue weighted by molar-refractivity contribution is 7.06. The standard InChI is InChI=1S/C18H38O2Si2/c1-16(2,3)21(7,8)15(19)14-12-11-13-18(14,20)22(9,10)17(4,5)6/h14,20H,11-13H2,1-10H3/t14-,18+/m0/s1. The van der Waals surface area contributed by atoms with Crippen molar-refractivity contribution >= 4 is 21.6 Å². The van der Waals surface area contributed by atoms with Gasteiger partial charge < -0.3 is 9.90 Å². The highest BCUT2D eigenvalue weighted by atomic mass is 28.3. The summed E-state index contributed by atoms with van der Waals surface area (Å²) < 4.78 is 0. The van der Waals surface area contributed by atoms with Gasteiger partial charge in [-0.3, -0.25) is 0 Å². The van der Waals surface area contributed by atoms with Crippen LogP contribution in [0.1, 0.15) is 60.8 Å². The van der Waals surface area contributed by atoms with E-state index in [1.807, 2.05) is 0 Å². The van der Waals surface area contributed by atoms with Crippen molar-refractivity contribution in [2.75, 3.05) is 0 Å². The molecule has 0 aliphatic heterocycles. The van der Waals surface area contributed by atoms with Gasteiger partial charge in [-0.2, -0.15) is 0 Å². The minimum atomic E-state index is -2.08. The van der Waals surface area contributed by atoms with Gasteiger partial charge in [0.2, 0.25) is 0 Å². The first-order valence-electron chi connectivity index (χ1n) is 8.77. The van der Waals surface area contributed by atoms with Crippen LogP contribution in [0.4, 0.5) is 0 Å². The van der Waals surface area contributed by atoms with Gasteiger partial charge >= 0.3 is 0 Å². The van der Waals surface area contributed by atoms with Gasteiger partial charge in [0.25, 0.3) is 0 Å². The molecule has 1 saturated carbocycles. The average molecular weight is 343 g/mol. The highest BCUT2D eigenvalue weighted by Gasteiger charge is 2.61. The lowest BCUT2D eigenvalue weighted by atomic mass is 10.1. The summed E-state index contributed by atoms with van der Waals surface area (Å²) in [6, 6.07) is 0. The lowest BCUT2D eigenvalue weighted by molar-refractivity contribution is -0.120. The molecule has 2 nitrogen and oxygen atoms in total. The molecule has 22 heavy (non-hydrogen) atoms. The van der Waals surface area contributed by atoms with E-state index in [2.05, 4.69) is 67.7 Å². The molecule has 0 aromatic carbocycles. The molecule has 1 aliphatic carbocycles. The van der Waals surface area contributed by atoms with Crippen molar-refractivity contribution in [2.24, 2.45) is 5.92 Å². The molecule has 0 amide bonds. The molecule has 0 aromatic heterocycles. The van der Waals surface area contributed by atoms with Crippen LogP contribution in [-0.4, -0.2) is 31.9 Å². The van der Waals surface area contributed by atoms with Crippen molar-refractivity contribution in [3.05, 3.63) is 0 Å². The zero-order chi connectivity index (χ0) is 17.8. The third-order valence-corrected chi connectivity index (χ3v) is 19.2. The fourth-order valence-corrected chi connectivity index (χ4v) is 8.92. The third kappa shape index (κ3) is 2.91. The second kappa shape index (κ2) is 5.56. The Hall–Kier alpha value is 0.0638.